The highest BCUT2D eigenvalue weighted by Crippen LogP contribution is 2.34. The highest BCUT2D eigenvalue weighted by atomic mass is 32.2. The van der Waals surface area contributed by atoms with Crippen molar-refractivity contribution in [3.05, 3.63) is 36.4 Å². The van der Waals surface area contributed by atoms with E-state index in [1.54, 1.807) is 0 Å². The lowest BCUT2D eigenvalue weighted by molar-refractivity contribution is 0.327. The first kappa shape index (κ1) is 26.1. The molecule has 0 saturated carbocycles. The predicted molar refractivity (Wildman–Crippen MR) is 126 cm³/mol. The topological polar surface area (TPSA) is 112 Å². The van der Waals surface area contributed by atoms with Gasteiger partial charge in [-0.05, 0) is 37.1 Å². The Hall–Kier alpha value is -2.54. The predicted octanol–water partition coefficient (Wildman–Crippen LogP) is 2.19. The van der Waals surface area contributed by atoms with E-state index in [0.717, 1.165) is 0 Å². The lowest BCUT2D eigenvalue weighted by Gasteiger charge is -2.28. The molecule has 0 unspecified atom stereocenters. The Morgan fingerprint density at radius 1 is 0.824 bits per heavy atom. The second-order valence-electron chi connectivity index (χ2n) is 7.73. The lowest BCUT2D eigenvalue weighted by atomic mass is 10.2. The molecule has 2 aromatic rings. The molecular weight excluding hydrogens is 484 g/mol. The molecule has 0 spiro atoms. The third-order valence-electron chi connectivity index (χ3n) is 5.82. The standard InChI is InChI=1S/C22H30N2O8S2/c1-23(33(25,26)17-8-10-19(29-2)21(13-17)31-4)15-16-7-6-12-24(16)34(27,28)18-9-11-20(30-3)22(14-18)32-5/h8-11,13-14,16H,6-7,12,15H2,1-5H3/t16-/m0/s1. The van der Waals surface area contributed by atoms with Gasteiger partial charge >= 0.3 is 0 Å². The van der Waals surface area contributed by atoms with Crippen LogP contribution in [-0.4, -0.2) is 80.1 Å². The fourth-order valence-electron chi connectivity index (χ4n) is 3.97. The van der Waals surface area contributed by atoms with Crippen molar-refractivity contribution in [3.63, 3.8) is 0 Å². The second kappa shape index (κ2) is 10.4. The van der Waals surface area contributed by atoms with Gasteiger partial charge in [-0.25, -0.2) is 16.8 Å². The van der Waals surface area contributed by atoms with E-state index in [2.05, 4.69) is 0 Å². The van der Waals surface area contributed by atoms with Crippen molar-refractivity contribution in [2.24, 2.45) is 0 Å². The number of rotatable bonds is 10. The number of benzene rings is 2. The molecule has 0 amide bonds. The van der Waals surface area contributed by atoms with Crippen molar-refractivity contribution in [2.75, 3.05) is 48.6 Å². The van der Waals surface area contributed by atoms with E-state index in [1.165, 1.54) is 80.5 Å². The van der Waals surface area contributed by atoms with Gasteiger partial charge in [0, 0.05) is 38.3 Å². The van der Waals surface area contributed by atoms with Crippen molar-refractivity contribution in [3.8, 4) is 23.0 Å². The smallest absolute Gasteiger partial charge is 0.243 e. The Morgan fingerprint density at radius 2 is 1.32 bits per heavy atom. The van der Waals surface area contributed by atoms with Gasteiger partial charge in [0.1, 0.15) is 0 Å². The van der Waals surface area contributed by atoms with E-state index < -0.39 is 26.1 Å². The van der Waals surface area contributed by atoms with E-state index in [-0.39, 0.29) is 22.1 Å². The van der Waals surface area contributed by atoms with Gasteiger partial charge in [0.05, 0.1) is 38.2 Å². The van der Waals surface area contributed by atoms with Gasteiger partial charge in [0.25, 0.3) is 0 Å². The summed E-state index contributed by atoms with van der Waals surface area (Å²) in [7, 11) is -0.554. The van der Waals surface area contributed by atoms with E-state index in [4.69, 9.17) is 18.9 Å². The van der Waals surface area contributed by atoms with Crippen LogP contribution in [0, 0.1) is 0 Å². The summed E-state index contributed by atoms with van der Waals surface area (Å²) in [6.07, 6.45) is 1.17. The van der Waals surface area contributed by atoms with Crippen LogP contribution < -0.4 is 18.9 Å². The van der Waals surface area contributed by atoms with E-state index in [1.807, 2.05) is 0 Å². The van der Waals surface area contributed by atoms with E-state index in [0.29, 0.717) is 36.6 Å². The Balaban J connectivity index is 1.85. The van der Waals surface area contributed by atoms with Gasteiger partial charge in [0.15, 0.2) is 23.0 Å². The van der Waals surface area contributed by atoms with Crippen LogP contribution in [0.5, 0.6) is 23.0 Å². The fourth-order valence-corrected chi connectivity index (χ4v) is 6.90. The molecule has 1 fully saturated rings. The number of hydrogen-bond acceptors (Lipinski definition) is 8. The minimum atomic E-state index is -3.90. The van der Waals surface area contributed by atoms with Crippen LogP contribution in [0.15, 0.2) is 46.2 Å². The summed E-state index contributed by atoms with van der Waals surface area (Å²) < 4.78 is 76.5. The molecule has 1 atom stereocenters. The van der Waals surface area contributed by atoms with Gasteiger partial charge in [-0.2, -0.15) is 8.61 Å². The summed E-state index contributed by atoms with van der Waals surface area (Å²) in [5.41, 5.74) is 0. The molecule has 1 aliphatic heterocycles. The molecule has 3 rings (SSSR count). The van der Waals surface area contributed by atoms with Crippen LogP contribution in [0.1, 0.15) is 12.8 Å². The van der Waals surface area contributed by atoms with Crippen LogP contribution >= 0.6 is 0 Å². The molecular formula is C22H30N2O8S2. The highest BCUT2D eigenvalue weighted by molar-refractivity contribution is 7.89. The van der Waals surface area contributed by atoms with Crippen molar-refractivity contribution < 1.29 is 35.8 Å². The molecule has 10 nitrogen and oxygen atoms in total. The highest BCUT2D eigenvalue weighted by Gasteiger charge is 2.38. The zero-order chi connectivity index (χ0) is 25.1. The molecule has 0 aromatic heterocycles. The monoisotopic (exact) mass is 514 g/mol. The maximum atomic E-state index is 13.4. The van der Waals surface area contributed by atoms with Gasteiger partial charge in [-0.3, -0.25) is 0 Å². The zero-order valence-corrected chi connectivity index (χ0v) is 21.5. The van der Waals surface area contributed by atoms with Gasteiger partial charge < -0.3 is 18.9 Å². The maximum Gasteiger partial charge on any atom is 0.243 e. The van der Waals surface area contributed by atoms with Crippen LogP contribution in [0.4, 0.5) is 0 Å². The average molecular weight is 515 g/mol. The Bertz CT molecular complexity index is 1230. The van der Waals surface area contributed by atoms with Crippen LogP contribution in [-0.2, 0) is 20.0 Å². The normalized spacial score (nSPS) is 17.1. The van der Waals surface area contributed by atoms with Crippen molar-refractivity contribution in [1.29, 1.82) is 0 Å². The van der Waals surface area contributed by atoms with Crippen LogP contribution in [0.2, 0.25) is 0 Å². The van der Waals surface area contributed by atoms with E-state index in [9.17, 15) is 16.8 Å². The maximum absolute atomic E-state index is 13.4. The lowest BCUT2D eigenvalue weighted by Crippen LogP contribution is -2.43. The largest absolute Gasteiger partial charge is 0.493 e. The molecule has 0 bridgehead atoms. The van der Waals surface area contributed by atoms with Crippen molar-refractivity contribution in [1.82, 2.24) is 8.61 Å². The Labute approximate surface area is 201 Å². The number of hydrogen-bond donors (Lipinski definition) is 0. The molecule has 2 aromatic carbocycles. The Morgan fingerprint density at radius 3 is 1.85 bits per heavy atom. The SMILES string of the molecule is COc1ccc(S(=O)(=O)N(C)C[C@@H]2CCCN2S(=O)(=O)c2ccc(OC)c(OC)c2)cc1OC. The van der Waals surface area contributed by atoms with Gasteiger partial charge in [-0.1, -0.05) is 0 Å². The molecule has 12 heteroatoms. The Kier molecular flexibility index (Phi) is 7.96. The van der Waals surface area contributed by atoms with Crippen molar-refractivity contribution in [2.45, 2.75) is 28.7 Å². The minimum absolute atomic E-state index is 0.00317. The summed E-state index contributed by atoms with van der Waals surface area (Å²) >= 11 is 0. The van der Waals surface area contributed by atoms with E-state index >= 15 is 0 Å². The molecule has 188 valence electrons. The number of sulfonamides is 2. The van der Waals surface area contributed by atoms with Gasteiger partial charge in [-0.15, -0.1) is 0 Å². The number of nitrogens with zero attached hydrogens (tertiary/aromatic N) is 2. The summed E-state index contributed by atoms with van der Waals surface area (Å²) in [6, 6.07) is 8.22. The second-order valence-corrected chi connectivity index (χ2v) is 11.7. The third kappa shape index (κ3) is 4.95. The molecule has 34 heavy (non-hydrogen) atoms. The van der Waals surface area contributed by atoms with Crippen LogP contribution in [0.3, 0.4) is 0 Å². The third-order valence-corrected chi connectivity index (χ3v) is 9.58. The summed E-state index contributed by atoms with van der Waals surface area (Å²) in [6.45, 7) is 0.300. The first-order chi connectivity index (χ1) is 16.1. The molecule has 1 saturated heterocycles. The molecule has 0 radical (unpaired) electrons. The number of ether oxygens (including phenoxy) is 4. The van der Waals surface area contributed by atoms with Gasteiger partial charge in [0.2, 0.25) is 20.0 Å². The first-order valence-electron chi connectivity index (χ1n) is 10.5. The zero-order valence-electron chi connectivity index (χ0n) is 19.8. The number of likely N-dealkylation sites (N-methyl/N-ethyl adjacent to an activating group) is 1. The fraction of sp³-hybridized carbons (Fsp3) is 0.455. The molecule has 0 N–H and O–H groups in total. The molecule has 1 aliphatic rings. The quantitative estimate of drug-likeness (QED) is 0.474. The minimum Gasteiger partial charge on any atom is -0.493 e. The molecule has 0 aliphatic carbocycles. The average Bonchev–Trinajstić information content (AvgIpc) is 3.31. The van der Waals surface area contributed by atoms with Crippen molar-refractivity contribution >= 4 is 20.0 Å². The van der Waals surface area contributed by atoms with Crippen LogP contribution in [0.25, 0.3) is 0 Å². The summed E-state index contributed by atoms with van der Waals surface area (Å²) in [5, 5.41) is 0. The molecule has 1 heterocycles. The summed E-state index contributed by atoms with van der Waals surface area (Å²) in [4.78, 5) is 0.0856. The first-order valence-corrected chi connectivity index (χ1v) is 13.4. The summed E-state index contributed by atoms with van der Waals surface area (Å²) in [5.74, 6) is 1.41. The number of methoxy groups -OCH3 is 4.